The van der Waals surface area contributed by atoms with Crippen LogP contribution in [-0.4, -0.2) is 72.1 Å². The van der Waals surface area contributed by atoms with E-state index in [0.717, 1.165) is 60.8 Å². The lowest BCUT2D eigenvalue weighted by Gasteiger charge is -2.27. The molecular weight excluding hydrogens is 402 g/mol. The Labute approximate surface area is 180 Å². The van der Waals surface area contributed by atoms with Crippen molar-refractivity contribution >= 4 is 32.6 Å². The maximum atomic E-state index is 13.3. The molecule has 0 saturated carbocycles. The molecule has 1 aliphatic rings. The van der Waals surface area contributed by atoms with Crippen LogP contribution in [0.3, 0.4) is 0 Å². The highest BCUT2D eigenvalue weighted by atomic mass is 32.1. The first-order chi connectivity index (χ1) is 14.6. The zero-order valence-electron chi connectivity index (χ0n) is 17.6. The largest absolute Gasteiger partial charge is 0.494 e. The van der Waals surface area contributed by atoms with E-state index in [1.54, 1.807) is 29.0 Å². The maximum Gasteiger partial charge on any atom is 0.280 e. The predicted octanol–water partition coefficient (Wildman–Crippen LogP) is 2.72. The number of aryl methyl sites for hydroxylation is 2. The summed E-state index contributed by atoms with van der Waals surface area (Å²) in [5.74, 6) is 0.588. The number of hydrogen-bond acceptors (Lipinski definition) is 7. The molecule has 0 aliphatic carbocycles. The van der Waals surface area contributed by atoms with Gasteiger partial charge in [-0.2, -0.15) is 5.10 Å². The fraction of sp³-hybridized carbons (Fsp3) is 0.476. The van der Waals surface area contributed by atoms with Gasteiger partial charge in [0, 0.05) is 39.4 Å². The first kappa shape index (κ1) is 20.8. The van der Waals surface area contributed by atoms with Crippen LogP contribution in [0.5, 0.6) is 5.75 Å². The Morgan fingerprint density at radius 2 is 2.10 bits per heavy atom. The van der Waals surface area contributed by atoms with Crippen molar-refractivity contribution in [1.82, 2.24) is 19.7 Å². The molecule has 3 aromatic rings. The highest BCUT2D eigenvalue weighted by Crippen LogP contribution is 2.36. The Morgan fingerprint density at radius 1 is 1.30 bits per heavy atom. The van der Waals surface area contributed by atoms with Crippen molar-refractivity contribution in [2.75, 3.05) is 51.4 Å². The molecule has 1 aliphatic heterocycles. The number of nitrogens with zero attached hydrogens (tertiary/aromatic N) is 5. The Bertz CT molecular complexity index is 1020. The number of thiazole rings is 1. The molecule has 9 heteroatoms. The van der Waals surface area contributed by atoms with E-state index < -0.39 is 0 Å². The first-order valence-electron chi connectivity index (χ1n) is 10.1. The average Bonchev–Trinajstić information content (AvgIpc) is 3.39. The Morgan fingerprint density at radius 3 is 2.80 bits per heavy atom. The lowest BCUT2D eigenvalue weighted by atomic mass is 10.2. The van der Waals surface area contributed by atoms with Gasteiger partial charge < -0.3 is 9.47 Å². The minimum atomic E-state index is -0.131. The number of hydrogen-bond donors (Lipinski definition) is 0. The van der Waals surface area contributed by atoms with E-state index in [2.05, 4.69) is 10.00 Å². The molecule has 1 fully saturated rings. The van der Waals surface area contributed by atoms with E-state index in [9.17, 15) is 4.79 Å². The van der Waals surface area contributed by atoms with Gasteiger partial charge in [0.2, 0.25) is 0 Å². The Balaban J connectivity index is 1.61. The van der Waals surface area contributed by atoms with E-state index in [-0.39, 0.29) is 5.91 Å². The van der Waals surface area contributed by atoms with Crippen LogP contribution in [0.15, 0.2) is 24.4 Å². The number of carbonyl (C=O) groups is 1. The first-order valence-corrected chi connectivity index (χ1v) is 10.9. The van der Waals surface area contributed by atoms with Gasteiger partial charge in [-0.3, -0.25) is 19.3 Å². The van der Waals surface area contributed by atoms with Crippen molar-refractivity contribution in [3.8, 4) is 5.75 Å². The minimum Gasteiger partial charge on any atom is -0.494 e. The molecule has 0 bridgehead atoms. The fourth-order valence-corrected chi connectivity index (χ4v) is 4.68. The minimum absolute atomic E-state index is 0.131. The third-order valence-corrected chi connectivity index (χ3v) is 6.49. The molecule has 30 heavy (non-hydrogen) atoms. The van der Waals surface area contributed by atoms with Gasteiger partial charge in [-0.05, 0) is 31.0 Å². The second kappa shape index (κ2) is 9.11. The van der Waals surface area contributed by atoms with Crippen molar-refractivity contribution in [2.45, 2.75) is 13.3 Å². The molecule has 0 unspecified atom stereocenters. The van der Waals surface area contributed by atoms with Crippen LogP contribution in [0, 0.1) is 6.92 Å². The van der Waals surface area contributed by atoms with Crippen LogP contribution in [0.1, 0.15) is 22.5 Å². The fourth-order valence-electron chi connectivity index (χ4n) is 3.61. The molecular formula is C21H27N5O3S. The molecule has 1 saturated heterocycles. The van der Waals surface area contributed by atoms with E-state index in [1.807, 2.05) is 26.1 Å². The summed E-state index contributed by atoms with van der Waals surface area (Å²) in [6.45, 7) is 6.96. The second-order valence-electron chi connectivity index (χ2n) is 7.40. The van der Waals surface area contributed by atoms with Gasteiger partial charge in [0.25, 0.3) is 5.91 Å². The van der Waals surface area contributed by atoms with Gasteiger partial charge in [-0.1, -0.05) is 17.4 Å². The molecule has 1 amide bonds. The number of morpholine rings is 1. The number of rotatable bonds is 7. The average molecular weight is 430 g/mol. The maximum absolute atomic E-state index is 13.3. The monoisotopic (exact) mass is 429 g/mol. The third-order valence-electron chi connectivity index (χ3n) is 5.28. The lowest BCUT2D eigenvalue weighted by Crippen LogP contribution is -2.39. The number of ether oxygens (including phenoxy) is 2. The summed E-state index contributed by atoms with van der Waals surface area (Å²) in [6, 6.07) is 5.69. The Hall–Kier alpha value is -2.49. The van der Waals surface area contributed by atoms with Crippen LogP contribution in [0.4, 0.5) is 5.13 Å². The van der Waals surface area contributed by atoms with Gasteiger partial charge in [0.1, 0.15) is 11.3 Å². The van der Waals surface area contributed by atoms with Crippen LogP contribution in [0.2, 0.25) is 0 Å². The summed E-state index contributed by atoms with van der Waals surface area (Å²) in [5.41, 5.74) is 2.34. The van der Waals surface area contributed by atoms with Crippen molar-refractivity contribution in [3.63, 3.8) is 0 Å². The van der Waals surface area contributed by atoms with Crippen molar-refractivity contribution in [3.05, 3.63) is 35.7 Å². The number of aromatic nitrogens is 3. The van der Waals surface area contributed by atoms with E-state index in [1.165, 1.54) is 11.3 Å². The van der Waals surface area contributed by atoms with Crippen LogP contribution in [0.25, 0.3) is 10.2 Å². The van der Waals surface area contributed by atoms with Gasteiger partial charge in [-0.15, -0.1) is 0 Å². The summed E-state index contributed by atoms with van der Waals surface area (Å²) < 4.78 is 13.6. The lowest BCUT2D eigenvalue weighted by molar-refractivity contribution is 0.0376. The van der Waals surface area contributed by atoms with Crippen molar-refractivity contribution < 1.29 is 14.3 Å². The number of fused-ring (bicyclic) bond motifs is 1. The Kier molecular flexibility index (Phi) is 6.31. The van der Waals surface area contributed by atoms with Gasteiger partial charge in [0.05, 0.1) is 25.0 Å². The second-order valence-corrected chi connectivity index (χ2v) is 8.38. The zero-order valence-corrected chi connectivity index (χ0v) is 18.4. The van der Waals surface area contributed by atoms with Crippen LogP contribution in [-0.2, 0) is 11.8 Å². The van der Waals surface area contributed by atoms with E-state index in [4.69, 9.17) is 14.5 Å². The van der Waals surface area contributed by atoms with E-state index >= 15 is 0 Å². The van der Waals surface area contributed by atoms with Crippen molar-refractivity contribution in [1.29, 1.82) is 0 Å². The molecule has 0 atom stereocenters. The molecule has 160 valence electrons. The third kappa shape index (κ3) is 4.33. The standard InChI is InChI=1S/C21H27N5O3S/c1-15-5-6-17(28-3)18-19(15)30-21(22-18)26(20(27)16-7-10-24(2)23-16)9-4-8-25-11-13-29-14-12-25/h5-7,10H,4,8-9,11-14H2,1-3H3. The van der Waals surface area contributed by atoms with E-state index in [0.29, 0.717) is 17.4 Å². The molecule has 2 aromatic heterocycles. The summed E-state index contributed by atoms with van der Waals surface area (Å²) in [4.78, 5) is 22.2. The molecule has 0 spiro atoms. The summed E-state index contributed by atoms with van der Waals surface area (Å²) >= 11 is 1.52. The number of amides is 1. The normalized spacial score (nSPS) is 14.9. The molecule has 0 radical (unpaired) electrons. The number of benzene rings is 1. The topological polar surface area (TPSA) is 72.7 Å². The highest BCUT2D eigenvalue weighted by molar-refractivity contribution is 7.22. The van der Waals surface area contributed by atoms with Gasteiger partial charge in [0.15, 0.2) is 10.8 Å². The zero-order chi connectivity index (χ0) is 21.1. The summed E-state index contributed by atoms with van der Waals surface area (Å²) in [5, 5.41) is 4.99. The van der Waals surface area contributed by atoms with Gasteiger partial charge >= 0.3 is 0 Å². The quantitative estimate of drug-likeness (QED) is 0.575. The van der Waals surface area contributed by atoms with Gasteiger partial charge in [-0.25, -0.2) is 4.98 Å². The summed E-state index contributed by atoms with van der Waals surface area (Å²) in [6.07, 6.45) is 2.63. The van der Waals surface area contributed by atoms with Crippen LogP contribution < -0.4 is 9.64 Å². The number of carbonyl (C=O) groups excluding carboxylic acids is 1. The molecule has 8 nitrogen and oxygen atoms in total. The predicted molar refractivity (Wildman–Crippen MR) is 118 cm³/mol. The highest BCUT2D eigenvalue weighted by Gasteiger charge is 2.24. The smallest absolute Gasteiger partial charge is 0.280 e. The SMILES string of the molecule is COc1ccc(C)c2sc(N(CCCN3CCOCC3)C(=O)c3ccn(C)n3)nc12. The number of anilines is 1. The van der Waals surface area contributed by atoms with Crippen LogP contribution >= 0.6 is 11.3 Å². The number of methoxy groups -OCH3 is 1. The molecule has 3 heterocycles. The van der Waals surface area contributed by atoms with Crippen molar-refractivity contribution in [2.24, 2.45) is 7.05 Å². The molecule has 0 N–H and O–H groups in total. The molecule has 4 rings (SSSR count). The summed E-state index contributed by atoms with van der Waals surface area (Å²) in [7, 11) is 3.45. The molecule has 1 aromatic carbocycles.